The van der Waals surface area contributed by atoms with Crippen LogP contribution in [0.4, 0.5) is 15.8 Å². The first kappa shape index (κ1) is 15.4. The number of rotatable bonds is 5. The average Bonchev–Trinajstić information content (AvgIpc) is 2.46. The van der Waals surface area contributed by atoms with Crippen LogP contribution in [0.5, 0.6) is 0 Å². The highest BCUT2D eigenvalue weighted by atomic mass is 79.9. The van der Waals surface area contributed by atoms with E-state index in [-0.39, 0.29) is 11.5 Å². The lowest BCUT2D eigenvalue weighted by Crippen LogP contribution is -2.17. The summed E-state index contributed by atoms with van der Waals surface area (Å²) in [5.41, 5.74) is 2.15. The summed E-state index contributed by atoms with van der Waals surface area (Å²) in [6.45, 7) is 0.395. The molecule has 0 aliphatic heterocycles. The van der Waals surface area contributed by atoms with Gasteiger partial charge < -0.3 is 4.90 Å². The maximum Gasteiger partial charge on any atom is 0.292 e. The molecule has 0 saturated carbocycles. The zero-order valence-electron chi connectivity index (χ0n) is 11.4. The van der Waals surface area contributed by atoms with Crippen molar-refractivity contribution in [2.75, 3.05) is 11.9 Å². The number of benzene rings is 2. The highest BCUT2D eigenvalue weighted by Crippen LogP contribution is 2.30. The molecule has 21 heavy (non-hydrogen) atoms. The van der Waals surface area contributed by atoms with Crippen LogP contribution < -0.4 is 4.90 Å². The van der Waals surface area contributed by atoms with Crippen LogP contribution in [0.1, 0.15) is 11.1 Å². The minimum absolute atomic E-state index is 0.0471. The second kappa shape index (κ2) is 6.67. The number of hydrogen-bond acceptors (Lipinski definition) is 3. The fraction of sp³-hybridized carbons (Fsp3) is 0.200. The summed E-state index contributed by atoms with van der Waals surface area (Å²) in [6.07, 6.45) is 0. The number of halogens is 2. The molecule has 0 radical (unpaired) electrons. The maximum absolute atomic E-state index is 13.2. The predicted octanol–water partition coefficient (Wildman–Crippen LogP) is 4.27. The Kier molecular flexibility index (Phi) is 4.90. The second-order valence-electron chi connectivity index (χ2n) is 4.70. The van der Waals surface area contributed by atoms with E-state index in [0.717, 1.165) is 11.1 Å². The van der Waals surface area contributed by atoms with E-state index in [1.54, 1.807) is 36.2 Å². The Hall–Kier alpha value is -1.95. The number of alkyl halides is 1. The molecule has 110 valence electrons. The monoisotopic (exact) mass is 352 g/mol. The largest absolute Gasteiger partial charge is 0.365 e. The molecule has 0 aromatic heterocycles. The van der Waals surface area contributed by atoms with Gasteiger partial charge in [0.1, 0.15) is 11.5 Å². The van der Waals surface area contributed by atoms with Crippen molar-refractivity contribution in [2.24, 2.45) is 0 Å². The van der Waals surface area contributed by atoms with E-state index in [0.29, 0.717) is 17.6 Å². The fourth-order valence-corrected chi connectivity index (χ4v) is 2.46. The van der Waals surface area contributed by atoms with Crippen LogP contribution in [0, 0.1) is 15.9 Å². The molecule has 0 aliphatic rings. The molecule has 0 fully saturated rings. The van der Waals surface area contributed by atoms with E-state index in [1.165, 1.54) is 12.1 Å². The van der Waals surface area contributed by atoms with Crippen molar-refractivity contribution >= 4 is 27.3 Å². The Morgan fingerprint density at radius 3 is 2.62 bits per heavy atom. The number of nitro groups is 1. The third-order valence-electron chi connectivity index (χ3n) is 3.11. The first-order valence-corrected chi connectivity index (χ1v) is 7.42. The lowest BCUT2D eigenvalue weighted by molar-refractivity contribution is -0.384. The molecule has 0 atom stereocenters. The predicted molar refractivity (Wildman–Crippen MR) is 84.2 cm³/mol. The molecule has 2 aromatic rings. The van der Waals surface area contributed by atoms with Crippen LogP contribution >= 0.6 is 15.9 Å². The summed E-state index contributed by atoms with van der Waals surface area (Å²) in [4.78, 5) is 12.5. The van der Waals surface area contributed by atoms with Gasteiger partial charge in [-0.25, -0.2) is 4.39 Å². The summed E-state index contributed by atoms with van der Waals surface area (Å²) < 4.78 is 13.2. The van der Waals surface area contributed by atoms with E-state index >= 15 is 0 Å². The first-order valence-electron chi connectivity index (χ1n) is 6.30. The summed E-state index contributed by atoms with van der Waals surface area (Å²) in [5, 5.41) is 11.8. The molecule has 6 heteroatoms. The Morgan fingerprint density at radius 1 is 1.24 bits per heavy atom. The number of nitrogens with zero attached hydrogens (tertiary/aromatic N) is 2. The third kappa shape index (κ3) is 3.78. The molecule has 2 aromatic carbocycles. The molecule has 0 saturated heterocycles. The summed E-state index contributed by atoms with van der Waals surface area (Å²) in [6, 6.07) is 11.3. The van der Waals surface area contributed by atoms with Gasteiger partial charge in [-0.2, -0.15) is 0 Å². The van der Waals surface area contributed by atoms with Crippen LogP contribution in [0.3, 0.4) is 0 Å². The molecule has 0 aliphatic carbocycles. The highest BCUT2D eigenvalue weighted by Gasteiger charge is 2.18. The Balaban J connectivity index is 2.30. The average molecular weight is 353 g/mol. The third-order valence-corrected chi connectivity index (χ3v) is 3.76. The Labute approximate surface area is 130 Å². The summed E-state index contributed by atoms with van der Waals surface area (Å²) in [7, 11) is 1.75. The Morgan fingerprint density at radius 2 is 2.00 bits per heavy atom. The van der Waals surface area contributed by atoms with Crippen molar-refractivity contribution in [1.82, 2.24) is 0 Å². The zero-order valence-corrected chi connectivity index (χ0v) is 13.0. The van der Waals surface area contributed by atoms with Crippen molar-refractivity contribution in [3.8, 4) is 0 Å². The van der Waals surface area contributed by atoms with Crippen molar-refractivity contribution in [2.45, 2.75) is 11.9 Å². The van der Waals surface area contributed by atoms with Gasteiger partial charge in [0, 0.05) is 25.0 Å². The number of hydrogen-bond donors (Lipinski definition) is 0. The highest BCUT2D eigenvalue weighted by molar-refractivity contribution is 9.08. The van der Waals surface area contributed by atoms with Crippen LogP contribution in [-0.4, -0.2) is 12.0 Å². The lowest BCUT2D eigenvalue weighted by Gasteiger charge is -2.19. The van der Waals surface area contributed by atoms with Gasteiger partial charge >= 0.3 is 0 Å². The smallest absolute Gasteiger partial charge is 0.292 e. The first-order chi connectivity index (χ1) is 10.0. The normalized spacial score (nSPS) is 10.4. The SMILES string of the molecule is CN(Cc1cccc(F)c1)c1ccc(CBr)cc1[N+](=O)[O-]. The molecule has 0 bridgehead atoms. The van der Waals surface area contributed by atoms with Gasteiger partial charge in [-0.1, -0.05) is 34.1 Å². The van der Waals surface area contributed by atoms with Gasteiger partial charge in [-0.05, 0) is 29.3 Å². The fourth-order valence-electron chi connectivity index (χ4n) is 2.12. The van der Waals surface area contributed by atoms with Crippen molar-refractivity contribution < 1.29 is 9.31 Å². The number of anilines is 1. The molecular formula is C15H14BrFN2O2. The summed E-state index contributed by atoms with van der Waals surface area (Å²) >= 11 is 3.29. The molecule has 0 N–H and O–H groups in total. The quantitative estimate of drug-likeness (QED) is 0.458. The van der Waals surface area contributed by atoms with Crippen LogP contribution in [0.15, 0.2) is 42.5 Å². The van der Waals surface area contributed by atoms with Crippen LogP contribution in [-0.2, 0) is 11.9 Å². The molecule has 0 heterocycles. The number of nitro benzene ring substituents is 1. The molecular weight excluding hydrogens is 339 g/mol. The van der Waals surface area contributed by atoms with Gasteiger partial charge in [-0.15, -0.1) is 0 Å². The second-order valence-corrected chi connectivity index (χ2v) is 5.26. The summed E-state index contributed by atoms with van der Waals surface area (Å²) in [5.74, 6) is -0.315. The van der Waals surface area contributed by atoms with Crippen molar-refractivity contribution in [3.05, 3.63) is 69.5 Å². The molecule has 4 nitrogen and oxygen atoms in total. The Bertz CT molecular complexity index is 664. The van der Waals surface area contributed by atoms with Gasteiger partial charge in [-0.3, -0.25) is 10.1 Å². The minimum atomic E-state index is -0.399. The van der Waals surface area contributed by atoms with Crippen molar-refractivity contribution in [1.29, 1.82) is 0 Å². The standard InChI is InChI=1S/C15H14BrFN2O2/c1-18(10-12-3-2-4-13(17)7-12)14-6-5-11(9-16)8-15(14)19(20)21/h2-8H,9-10H2,1H3. The zero-order chi connectivity index (χ0) is 15.4. The minimum Gasteiger partial charge on any atom is -0.365 e. The topological polar surface area (TPSA) is 46.4 Å². The molecule has 0 unspecified atom stereocenters. The van der Waals surface area contributed by atoms with Crippen LogP contribution in [0.2, 0.25) is 0 Å². The van der Waals surface area contributed by atoms with Crippen molar-refractivity contribution in [3.63, 3.8) is 0 Å². The van der Waals surface area contributed by atoms with E-state index in [4.69, 9.17) is 0 Å². The van der Waals surface area contributed by atoms with E-state index in [2.05, 4.69) is 15.9 Å². The molecule has 2 rings (SSSR count). The van der Waals surface area contributed by atoms with E-state index in [9.17, 15) is 14.5 Å². The molecule has 0 spiro atoms. The lowest BCUT2D eigenvalue weighted by atomic mass is 10.1. The maximum atomic E-state index is 13.2. The van der Waals surface area contributed by atoms with Crippen LogP contribution in [0.25, 0.3) is 0 Å². The van der Waals surface area contributed by atoms with E-state index < -0.39 is 4.92 Å². The van der Waals surface area contributed by atoms with E-state index in [1.807, 2.05) is 6.07 Å². The molecule has 0 amide bonds. The van der Waals surface area contributed by atoms with Gasteiger partial charge in [0.2, 0.25) is 0 Å². The van der Waals surface area contributed by atoms with Gasteiger partial charge in [0.25, 0.3) is 5.69 Å². The van der Waals surface area contributed by atoms with Gasteiger partial charge in [0.05, 0.1) is 4.92 Å². The van der Waals surface area contributed by atoms with Gasteiger partial charge in [0.15, 0.2) is 0 Å².